The molecule has 2 heterocycles. The SMILES string of the molecule is CCN1C(=O)CSC1NNC(=O)c1ccco1. The molecule has 1 aromatic heterocycles. The molecular weight excluding hydrogens is 242 g/mol. The van der Waals surface area contributed by atoms with E-state index in [1.807, 2.05) is 6.92 Å². The van der Waals surface area contributed by atoms with Crippen molar-refractivity contribution in [2.45, 2.75) is 12.4 Å². The van der Waals surface area contributed by atoms with E-state index in [0.29, 0.717) is 12.3 Å². The molecule has 0 aromatic carbocycles. The molecule has 1 atom stereocenters. The Morgan fingerprint density at radius 3 is 3.18 bits per heavy atom. The first kappa shape index (κ1) is 12.0. The van der Waals surface area contributed by atoms with E-state index in [1.54, 1.807) is 17.0 Å². The fraction of sp³-hybridized carbons (Fsp3) is 0.400. The molecule has 0 radical (unpaired) electrons. The zero-order valence-corrected chi connectivity index (χ0v) is 10.1. The van der Waals surface area contributed by atoms with Gasteiger partial charge < -0.3 is 9.32 Å². The first-order valence-electron chi connectivity index (χ1n) is 5.23. The lowest BCUT2D eigenvalue weighted by Crippen LogP contribution is -2.50. The summed E-state index contributed by atoms with van der Waals surface area (Å²) in [5.74, 6) is 0.380. The fourth-order valence-electron chi connectivity index (χ4n) is 1.51. The summed E-state index contributed by atoms with van der Waals surface area (Å²) in [6.45, 7) is 2.51. The Bertz CT molecular complexity index is 407. The zero-order valence-electron chi connectivity index (χ0n) is 9.30. The summed E-state index contributed by atoms with van der Waals surface area (Å²) in [6, 6.07) is 3.21. The molecule has 6 nitrogen and oxygen atoms in total. The second-order valence-corrected chi connectivity index (χ2v) is 4.49. The lowest BCUT2D eigenvalue weighted by atomic mass is 10.4. The first-order chi connectivity index (χ1) is 8.22. The van der Waals surface area contributed by atoms with Crippen molar-refractivity contribution in [3.05, 3.63) is 24.2 Å². The number of hydrogen-bond donors (Lipinski definition) is 2. The number of carbonyl (C=O) groups excluding carboxylic acids is 2. The van der Waals surface area contributed by atoms with Crippen LogP contribution in [0.1, 0.15) is 17.5 Å². The minimum atomic E-state index is -0.356. The highest BCUT2D eigenvalue weighted by molar-refractivity contribution is 8.00. The molecule has 17 heavy (non-hydrogen) atoms. The third-order valence-electron chi connectivity index (χ3n) is 2.36. The Kier molecular flexibility index (Phi) is 3.70. The maximum Gasteiger partial charge on any atom is 0.301 e. The number of carbonyl (C=O) groups is 2. The summed E-state index contributed by atoms with van der Waals surface area (Å²) in [5, 5.41) is 0. The van der Waals surface area contributed by atoms with Gasteiger partial charge in [0.25, 0.3) is 0 Å². The van der Waals surface area contributed by atoms with Crippen LogP contribution in [0, 0.1) is 0 Å². The summed E-state index contributed by atoms with van der Waals surface area (Å²) in [5.41, 5.74) is 5.11. The minimum absolute atomic E-state index is 0.0715. The Labute approximate surface area is 103 Å². The maximum atomic E-state index is 11.6. The van der Waals surface area contributed by atoms with Gasteiger partial charge >= 0.3 is 5.91 Å². The van der Waals surface area contributed by atoms with E-state index < -0.39 is 0 Å². The van der Waals surface area contributed by atoms with Crippen molar-refractivity contribution < 1.29 is 14.0 Å². The highest BCUT2D eigenvalue weighted by atomic mass is 32.2. The van der Waals surface area contributed by atoms with Crippen molar-refractivity contribution in [3.8, 4) is 0 Å². The van der Waals surface area contributed by atoms with Crippen LogP contribution < -0.4 is 10.9 Å². The summed E-state index contributed by atoms with van der Waals surface area (Å²) in [6.07, 6.45) is 1.43. The maximum absolute atomic E-state index is 11.6. The van der Waals surface area contributed by atoms with Gasteiger partial charge in [-0.1, -0.05) is 0 Å². The van der Waals surface area contributed by atoms with Crippen LogP contribution in [-0.4, -0.2) is 34.5 Å². The number of hydrogen-bond acceptors (Lipinski definition) is 5. The molecule has 7 heteroatoms. The first-order valence-corrected chi connectivity index (χ1v) is 6.27. The van der Waals surface area contributed by atoms with Crippen molar-refractivity contribution in [1.82, 2.24) is 15.8 Å². The molecule has 1 fully saturated rings. The van der Waals surface area contributed by atoms with Gasteiger partial charge in [0, 0.05) is 6.54 Å². The molecule has 1 unspecified atom stereocenters. The summed E-state index contributed by atoms with van der Waals surface area (Å²) < 4.78 is 4.95. The average molecular weight is 255 g/mol. The second-order valence-electron chi connectivity index (χ2n) is 3.42. The number of nitrogens with one attached hydrogen (secondary N) is 2. The number of nitrogens with zero attached hydrogens (tertiary/aromatic N) is 1. The fourth-order valence-corrected chi connectivity index (χ4v) is 2.57. The molecule has 1 aliphatic heterocycles. The highest BCUT2D eigenvalue weighted by Crippen LogP contribution is 2.21. The van der Waals surface area contributed by atoms with E-state index in [9.17, 15) is 9.59 Å². The molecular formula is C10H13N3O3S. The van der Waals surface area contributed by atoms with Crippen LogP contribution >= 0.6 is 11.8 Å². The van der Waals surface area contributed by atoms with Crippen molar-refractivity contribution in [1.29, 1.82) is 0 Å². The van der Waals surface area contributed by atoms with Crippen LogP contribution in [0.4, 0.5) is 0 Å². The van der Waals surface area contributed by atoms with Crippen LogP contribution in [0.2, 0.25) is 0 Å². The lowest BCUT2D eigenvalue weighted by Gasteiger charge is -2.22. The van der Waals surface area contributed by atoms with Gasteiger partial charge in [-0.25, -0.2) is 5.43 Å². The molecule has 0 saturated carbocycles. The predicted octanol–water partition coefficient (Wildman–Crippen LogP) is 0.393. The standard InChI is InChI=1S/C10H13N3O3S/c1-2-13-8(14)6-17-10(13)12-11-9(15)7-4-3-5-16-7/h3-5,10,12H,2,6H2,1H3,(H,11,15). The monoisotopic (exact) mass is 255 g/mol. The summed E-state index contributed by atoms with van der Waals surface area (Å²) in [7, 11) is 0. The smallest absolute Gasteiger partial charge is 0.301 e. The average Bonchev–Trinajstić information content (AvgIpc) is 2.95. The summed E-state index contributed by atoms with van der Waals surface area (Å²) in [4.78, 5) is 24.6. The predicted molar refractivity (Wildman–Crippen MR) is 62.9 cm³/mol. The third-order valence-corrected chi connectivity index (χ3v) is 3.46. The third kappa shape index (κ3) is 2.62. The molecule has 1 saturated heterocycles. The topological polar surface area (TPSA) is 74.6 Å². The van der Waals surface area contributed by atoms with Gasteiger partial charge in [0.1, 0.15) is 5.50 Å². The van der Waals surface area contributed by atoms with Crippen molar-refractivity contribution in [2.24, 2.45) is 0 Å². The van der Waals surface area contributed by atoms with Gasteiger partial charge in [0.15, 0.2) is 5.76 Å². The van der Waals surface area contributed by atoms with Crippen LogP contribution in [0.25, 0.3) is 0 Å². The Hall–Kier alpha value is -1.47. The van der Waals surface area contributed by atoms with E-state index in [1.165, 1.54) is 18.0 Å². The molecule has 2 amide bonds. The molecule has 92 valence electrons. The van der Waals surface area contributed by atoms with E-state index >= 15 is 0 Å². The van der Waals surface area contributed by atoms with Gasteiger partial charge in [-0.05, 0) is 19.1 Å². The number of amides is 2. The Balaban J connectivity index is 1.86. The van der Waals surface area contributed by atoms with E-state index in [0.717, 1.165) is 0 Å². The van der Waals surface area contributed by atoms with Gasteiger partial charge in [0.2, 0.25) is 5.91 Å². The Morgan fingerprint density at radius 2 is 2.53 bits per heavy atom. The van der Waals surface area contributed by atoms with E-state index in [2.05, 4.69) is 10.9 Å². The molecule has 2 N–H and O–H groups in total. The van der Waals surface area contributed by atoms with Crippen LogP contribution in [0.5, 0.6) is 0 Å². The molecule has 2 rings (SSSR count). The van der Waals surface area contributed by atoms with Gasteiger partial charge in [0.05, 0.1) is 12.0 Å². The van der Waals surface area contributed by atoms with Crippen molar-refractivity contribution >= 4 is 23.6 Å². The van der Waals surface area contributed by atoms with E-state index in [4.69, 9.17) is 4.42 Å². The van der Waals surface area contributed by atoms with Crippen LogP contribution in [0.15, 0.2) is 22.8 Å². The van der Waals surface area contributed by atoms with Crippen molar-refractivity contribution in [3.63, 3.8) is 0 Å². The number of furan rings is 1. The molecule has 1 aliphatic rings. The number of thioether (sulfide) groups is 1. The molecule has 0 aliphatic carbocycles. The minimum Gasteiger partial charge on any atom is -0.459 e. The quantitative estimate of drug-likeness (QED) is 0.761. The lowest BCUT2D eigenvalue weighted by molar-refractivity contribution is -0.128. The molecule has 0 spiro atoms. The Morgan fingerprint density at radius 1 is 1.71 bits per heavy atom. The van der Waals surface area contributed by atoms with Gasteiger partial charge in [-0.15, -0.1) is 11.8 Å². The normalized spacial score (nSPS) is 19.7. The molecule has 1 aromatic rings. The van der Waals surface area contributed by atoms with Gasteiger partial charge in [-0.3, -0.25) is 15.0 Å². The number of hydrazine groups is 1. The largest absolute Gasteiger partial charge is 0.459 e. The molecule has 0 bridgehead atoms. The van der Waals surface area contributed by atoms with Crippen molar-refractivity contribution in [2.75, 3.05) is 12.3 Å². The summed E-state index contributed by atoms with van der Waals surface area (Å²) >= 11 is 1.44. The van der Waals surface area contributed by atoms with Gasteiger partial charge in [-0.2, -0.15) is 0 Å². The highest BCUT2D eigenvalue weighted by Gasteiger charge is 2.30. The zero-order chi connectivity index (χ0) is 12.3. The number of rotatable bonds is 4. The van der Waals surface area contributed by atoms with Crippen LogP contribution in [-0.2, 0) is 4.79 Å². The van der Waals surface area contributed by atoms with Crippen LogP contribution in [0.3, 0.4) is 0 Å². The second kappa shape index (κ2) is 5.24. The van der Waals surface area contributed by atoms with E-state index in [-0.39, 0.29) is 23.1 Å².